The first-order valence-corrected chi connectivity index (χ1v) is 7.26. The highest BCUT2D eigenvalue weighted by Gasteiger charge is 2.14. The van der Waals surface area contributed by atoms with Gasteiger partial charge in [0, 0.05) is 14.1 Å². The Balaban J connectivity index is 2.28. The molecule has 0 aromatic heterocycles. The Morgan fingerprint density at radius 2 is 1.86 bits per heavy atom. The fraction of sp³-hybridized carbons (Fsp3) is 0.278. The van der Waals surface area contributed by atoms with Crippen LogP contribution in [0.4, 0.5) is 11.4 Å². The average molecular weight is 294 g/mol. The number of benzene rings is 1. The van der Waals surface area contributed by atoms with Gasteiger partial charge in [-0.2, -0.15) is 0 Å². The molecule has 0 spiro atoms. The molecule has 1 aromatic rings. The van der Waals surface area contributed by atoms with E-state index in [1.165, 1.54) is 5.57 Å². The predicted octanol–water partition coefficient (Wildman–Crippen LogP) is 3.83. The second-order valence-electron chi connectivity index (χ2n) is 5.23. The van der Waals surface area contributed by atoms with Gasteiger partial charge in [-0.1, -0.05) is 18.2 Å². The van der Waals surface area contributed by atoms with E-state index in [4.69, 9.17) is 4.99 Å². The Kier molecular flexibility index (Phi) is 5.04. The van der Waals surface area contributed by atoms with Crippen molar-refractivity contribution >= 4 is 29.5 Å². The molecule has 0 fully saturated rings. The van der Waals surface area contributed by atoms with Crippen LogP contribution in [0, 0.1) is 0 Å². The SMILES string of the molecule is C=Nc1ccccc1N(C)C(C)N=C1C=CC(C)=CC1=NC. The van der Waals surface area contributed by atoms with E-state index >= 15 is 0 Å². The lowest BCUT2D eigenvalue weighted by atomic mass is 10.0. The summed E-state index contributed by atoms with van der Waals surface area (Å²) in [4.78, 5) is 15.3. The molecule has 0 saturated carbocycles. The molecule has 114 valence electrons. The second-order valence-corrected chi connectivity index (χ2v) is 5.23. The van der Waals surface area contributed by atoms with Crippen LogP contribution >= 0.6 is 0 Å². The summed E-state index contributed by atoms with van der Waals surface area (Å²) < 4.78 is 0. The van der Waals surface area contributed by atoms with Crippen molar-refractivity contribution in [1.29, 1.82) is 0 Å². The van der Waals surface area contributed by atoms with Gasteiger partial charge in [0.2, 0.25) is 0 Å². The molecule has 0 bridgehead atoms. The Bertz CT molecular complexity index is 680. The van der Waals surface area contributed by atoms with Crippen LogP contribution in [0.1, 0.15) is 13.8 Å². The van der Waals surface area contributed by atoms with Gasteiger partial charge in [-0.05, 0) is 50.4 Å². The molecule has 2 rings (SSSR count). The van der Waals surface area contributed by atoms with Crippen LogP contribution in [-0.4, -0.2) is 38.4 Å². The van der Waals surface area contributed by atoms with Gasteiger partial charge in [0.15, 0.2) is 0 Å². The Labute approximate surface area is 132 Å². The van der Waals surface area contributed by atoms with Crippen molar-refractivity contribution in [2.45, 2.75) is 20.0 Å². The van der Waals surface area contributed by atoms with E-state index < -0.39 is 0 Å². The first kappa shape index (κ1) is 15.9. The van der Waals surface area contributed by atoms with Crippen molar-refractivity contribution in [3.8, 4) is 0 Å². The third kappa shape index (κ3) is 3.39. The van der Waals surface area contributed by atoms with Gasteiger partial charge in [0.05, 0.1) is 22.8 Å². The van der Waals surface area contributed by atoms with E-state index in [1.54, 1.807) is 7.05 Å². The highest BCUT2D eigenvalue weighted by Crippen LogP contribution is 2.28. The van der Waals surface area contributed by atoms with Crippen molar-refractivity contribution < 1.29 is 0 Å². The summed E-state index contributed by atoms with van der Waals surface area (Å²) >= 11 is 0. The molecule has 1 atom stereocenters. The van der Waals surface area contributed by atoms with Crippen LogP contribution < -0.4 is 4.90 Å². The Morgan fingerprint density at radius 3 is 2.55 bits per heavy atom. The molecular formula is C18H22N4. The third-order valence-electron chi connectivity index (χ3n) is 3.69. The maximum Gasteiger partial charge on any atom is 0.118 e. The lowest BCUT2D eigenvalue weighted by Gasteiger charge is -2.26. The summed E-state index contributed by atoms with van der Waals surface area (Å²) in [6, 6.07) is 7.92. The van der Waals surface area contributed by atoms with E-state index in [-0.39, 0.29) is 6.17 Å². The molecule has 1 aromatic carbocycles. The number of allylic oxidation sites excluding steroid dienone is 4. The van der Waals surface area contributed by atoms with Gasteiger partial charge in [0.1, 0.15) is 6.17 Å². The molecule has 22 heavy (non-hydrogen) atoms. The normalized spacial score (nSPS) is 19.2. The van der Waals surface area contributed by atoms with Gasteiger partial charge in [-0.3, -0.25) is 15.0 Å². The van der Waals surface area contributed by atoms with E-state index in [0.717, 1.165) is 22.8 Å². The molecule has 1 unspecified atom stereocenters. The highest BCUT2D eigenvalue weighted by atomic mass is 15.2. The number of aliphatic imine (C=N–C) groups is 3. The summed E-state index contributed by atoms with van der Waals surface area (Å²) in [6.45, 7) is 7.74. The zero-order valence-corrected chi connectivity index (χ0v) is 13.6. The molecule has 1 aliphatic carbocycles. The highest BCUT2D eigenvalue weighted by molar-refractivity contribution is 6.51. The Hall–Kier alpha value is -2.49. The summed E-state index contributed by atoms with van der Waals surface area (Å²) in [5.41, 5.74) is 4.86. The second kappa shape index (κ2) is 6.98. The molecule has 1 aliphatic rings. The third-order valence-corrected chi connectivity index (χ3v) is 3.69. The molecule has 4 nitrogen and oxygen atoms in total. The standard InChI is InChI=1S/C18H22N4/c1-13-10-11-15(17(12-13)20-4)21-14(2)22(5)18-9-7-6-8-16(18)19-3/h6-12,14H,3H2,1-2,4-5H3. The maximum absolute atomic E-state index is 4.79. The van der Waals surface area contributed by atoms with Crippen LogP contribution in [0.15, 0.2) is 63.0 Å². The lowest BCUT2D eigenvalue weighted by molar-refractivity contribution is 0.725. The van der Waals surface area contributed by atoms with Crippen LogP contribution in [0.5, 0.6) is 0 Å². The minimum atomic E-state index is -0.0360. The van der Waals surface area contributed by atoms with Crippen LogP contribution in [0.2, 0.25) is 0 Å². The van der Waals surface area contributed by atoms with Crippen LogP contribution in [0.25, 0.3) is 0 Å². The maximum atomic E-state index is 4.79. The number of rotatable bonds is 4. The quantitative estimate of drug-likeness (QED) is 0.614. The zero-order valence-electron chi connectivity index (χ0n) is 13.6. The number of para-hydroxylation sites is 2. The van der Waals surface area contributed by atoms with Gasteiger partial charge in [-0.15, -0.1) is 0 Å². The van der Waals surface area contributed by atoms with E-state index in [0.29, 0.717) is 0 Å². The first-order valence-electron chi connectivity index (χ1n) is 7.26. The molecular weight excluding hydrogens is 272 g/mol. The molecule has 0 amide bonds. The lowest BCUT2D eigenvalue weighted by Crippen LogP contribution is -2.29. The number of nitrogens with zero attached hydrogens (tertiary/aromatic N) is 4. The fourth-order valence-corrected chi connectivity index (χ4v) is 2.31. The van der Waals surface area contributed by atoms with Crippen molar-refractivity contribution in [3.05, 3.63) is 48.1 Å². The van der Waals surface area contributed by atoms with E-state index in [1.807, 2.05) is 43.5 Å². The summed E-state index contributed by atoms with van der Waals surface area (Å²) in [7, 11) is 3.80. The predicted molar refractivity (Wildman–Crippen MR) is 97.2 cm³/mol. The summed E-state index contributed by atoms with van der Waals surface area (Å²) in [6.07, 6.45) is 6.08. The number of hydrogen-bond acceptors (Lipinski definition) is 4. The number of hydrogen-bond donors (Lipinski definition) is 0. The Morgan fingerprint density at radius 1 is 1.14 bits per heavy atom. The van der Waals surface area contributed by atoms with E-state index in [9.17, 15) is 0 Å². The average Bonchev–Trinajstić information content (AvgIpc) is 2.55. The monoisotopic (exact) mass is 294 g/mol. The summed E-state index contributed by atoms with van der Waals surface area (Å²) in [5, 5.41) is 0. The largest absolute Gasteiger partial charge is 0.351 e. The molecule has 4 heteroatoms. The van der Waals surface area contributed by atoms with Crippen LogP contribution in [-0.2, 0) is 0 Å². The summed E-state index contributed by atoms with van der Waals surface area (Å²) in [5.74, 6) is 0. The van der Waals surface area contributed by atoms with Crippen molar-refractivity contribution in [1.82, 2.24) is 0 Å². The van der Waals surface area contributed by atoms with Gasteiger partial charge < -0.3 is 4.90 Å². The van der Waals surface area contributed by atoms with Crippen molar-refractivity contribution in [3.63, 3.8) is 0 Å². The van der Waals surface area contributed by atoms with Gasteiger partial charge in [0.25, 0.3) is 0 Å². The minimum absolute atomic E-state index is 0.0360. The topological polar surface area (TPSA) is 40.3 Å². The fourth-order valence-electron chi connectivity index (χ4n) is 2.31. The van der Waals surface area contributed by atoms with E-state index in [2.05, 4.69) is 41.5 Å². The first-order chi connectivity index (χ1) is 10.6. The number of anilines is 1. The van der Waals surface area contributed by atoms with Gasteiger partial charge in [-0.25, -0.2) is 0 Å². The van der Waals surface area contributed by atoms with Crippen molar-refractivity contribution in [2.24, 2.45) is 15.0 Å². The smallest absolute Gasteiger partial charge is 0.118 e. The van der Waals surface area contributed by atoms with Crippen molar-refractivity contribution in [2.75, 3.05) is 19.0 Å². The molecule has 0 saturated heterocycles. The van der Waals surface area contributed by atoms with Gasteiger partial charge >= 0.3 is 0 Å². The molecule has 0 N–H and O–H groups in total. The minimum Gasteiger partial charge on any atom is -0.351 e. The zero-order chi connectivity index (χ0) is 16.1. The molecule has 0 radical (unpaired) electrons. The molecule has 0 aliphatic heterocycles. The molecule has 0 heterocycles. The van der Waals surface area contributed by atoms with Crippen LogP contribution in [0.3, 0.4) is 0 Å².